The minimum absolute atomic E-state index is 0.196. The quantitative estimate of drug-likeness (QED) is 0.815. The van der Waals surface area contributed by atoms with E-state index in [9.17, 15) is 5.11 Å². The number of aliphatic hydroxyl groups excluding tert-OH is 1. The first-order chi connectivity index (χ1) is 10.2. The number of allylic oxidation sites excluding steroid dienone is 1. The molecule has 0 amide bonds. The summed E-state index contributed by atoms with van der Waals surface area (Å²) in [6.07, 6.45) is 2.59. The van der Waals surface area contributed by atoms with Crippen LogP contribution in [0.5, 0.6) is 11.5 Å². The molecule has 21 heavy (non-hydrogen) atoms. The molecule has 1 aromatic carbocycles. The average Bonchev–Trinajstić information content (AvgIpc) is 2.53. The topological polar surface area (TPSA) is 57.2 Å². The molecule has 2 rings (SSSR count). The zero-order valence-electron chi connectivity index (χ0n) is 12.7. The molecule has 116 valence electrons. The van der Waals surface area contributed by atoms with Gasteiger partial charge in [0.2, 0.25) is 0 Å². The first-order valence-electron chi connectivity index (χ1n) is 6.91. The van der Waals surface area contributed by atoms with Crippen LogP contribution in [0.2, 0.25) is 0 Å². The van der Waals surface area contributed by atoms with Crippen LogP contribution in [-0.2, 0) is 9.47 Å². The van der Waals surface area contributed by atoms with Gasteiger partial charge in [-0.25, -0.2) is 0 Å². The van der Waals surface area contributed by atoms with Crippen molar-refractivity contribution in [3.63, 3.8) is 0 Å². The number of methoxy groups -OCH3 is 3. The predicted octanol–water partition coefficient (Wildman–Crippen LogP) is 2.23. The Morgan fingerprint density at radius 2 is 1.90 bits per heavy atom. The Labute approximate surface area is 125 Å². The Morgan fingerprint density at radius 3 is 2.52 bits per heavy atom. The van der Waals surface area contributed by atoms with Crippen LogP contribution < -0.4 is 9.47 Å². The minimum Gasteiger partial charge on any atom is -0.493 e. The van der Waals surface area contributed by atoms with Gasteiger partial charge in [-0.1, -0.05) is 6.07 Å². The van der Waals surface area contributed by atoms with E-state index in [1.807, 2.05) is 24.3 Å². The summed E-state index contributed by atoms with van der Waals surface area (Å²) in [7, 11) is 4.79. The van der Waals surface area contributed by atoms with Crippen molar-refractivity contribution in [2.75, 3.05) is 28.1 Å². The monoisotopic (exact) mass is 294 g/mol. The number of hydrogen-bond donors (Lipinski definition) is 1. The van der Waals surface area contributed by atoms with Gasteiger partial charge in [-0.05, 0) is 42.2 Å². The maximum atomic E-state index is 10.1. The van der Waals surface area contributed by atoms with Gasteiger partial charge in [0.1, 0.15) is 6.79 Å². The third kappa shape index (κ3) is 3.75. The first-order valence-corrected chi connectivity index (χ1v) is 6.91. The average molecular weight is 294 g/mol. The van der Waals surface area contributed by atoms with E-state index in [1.165, 1.54) is 0 Å². The molecule has 2 atom stereocenters. The van der Waals surface area contributed by atoms with Crippen molar-refractivity contribution in [3.05, 3.63) is 29.8 Å². The fraction of sp³-hybridized carbons (Fsp3) is 0.500. The van der Waals surface area contributed by atoms with Crippen LogP contribution in [0.25, 0.3) is 5.57 Å². The zero-order valence-corrected chi connectivity index (χ0v) is 12.7. The molecule has 1 N–H and O–H groups in total. The van der Waals surface area contributed by atoms with Crippen molar-refractivity contribution in [2.24, 2.45) is 0 Å². The van der Waals surface area contributed by atoms with Crippen molar-refractivity contribution in [2.45, 2.75) is 25.0 Å². The molecule has 0 aromatic heterocycles. The molecule has 0 bridgehead atoms. The summed E-state index contributed by atoms with van der Waals surface area (Å²) in [5.74, 6) is 1.38. The van der Waals surface area contributed by atoms with Crippen molar-refractivity contribution in [1.29, 1.82) is 0 Å². The van der Waals surface area contributed by atoms with Crippen molar-refractivity contribution in [3.8, 4) is 11.5 Å². The number of hydrogen-bond acceptors (Lipinski definition) is 5. The second-order valence-electron chi connectivity index (χ2n) is 4.90. The molecule has 0 fully saturated rings. The minimum atomic E-state index is -0.628. The summed E-state index contributed by atoms with van der Waals surface area (Å²) in [4.78, 5) is 0. The summed E-state index contributed by atoms with van der Waals surface area (Å²) in [5, 5.41) is 10.1. The Balaban J connectivity index is 2.15. The third-order valence-electron chi connectivity index (χ3n) is 3.61. The fourth-order valence-corrected chi connectivity index (χ4v) is 2.48. The lowest BCUT2D eigenvalue weighted by Gasteiger charge is -2.27. The molecule has 0 unspecified atom stereocenters. The molecule has 1 aliphatic rings. The smallest absolute Gasteiger partial charge is 0.161 e. The number of ether oxygens (including phenoxy) is 4. The molecule has 0 aliphatic heterocycles. The van der Waals surface area contributed by atoms with Gasteiger partial charge in [-0.15, -0.1) is 0 Å². The maximum absolute atomic E-state index is 10.1. The fourth-order valence-electron chi connectivity index (χ4n) is 2.48. The van der Waals surface area contributed by atoms with E-state index in [0.717, 1.165) is 24.0 Å². The Kier molecular flexibility index (Phi) is 5.61. The van der Waals surface area contributed by atoms with E-state index >= 15 is 0 Å². The van der Waals surface area contributed by atoms with Gasteiger partial charge >= 0.3 is 0 Å². The molecule has 0 heterocycles. The highest BCUT2D eigenvalue weighted by Crippen LogP contribution is 2.34. The lowest BCUT2D eigenvalue weighted by molar-refractivity contribution is -0.105. The van der Waals surface area contributed by atoms with Crippen molar-refractivity contribution < 1.29 is 24.1 Å². The molecule has 0 spiro atoms. The third-order valence-corrected chi connectivity index (χ3v) is 3.61. The Bertz CT molecular complexity index is 497. The van der Waals surface area contributed by atoms with E-state index < -0.39 is 6.10 Å². The molecular weight excluding hydrogens is 272 g/mol. The number of benzene rings is 1. The lowest BCUT2D eigenvalue weighted by atomic mass is 9.90. The van der Waals surface area contributed by atoms with Crippen LogP contribution in [0.15, 0.2) is 24.3 Å². The largest absolute Gasteiger partial charge is 0.493 e. The standard InChI is InChI=1S/C16H22O5/c1-18-10-21-14-6-4-11(8-13(14)17)12-5-7-15(19-2)16(9-12)20-3/h5,7-9,13-14,17H,4,6,10H2,1-3H3/t13-,14-/m1/s1. The number of aliphatic hydroxyl groups is 1. The molecule has 0 saturated carbocycles. The first kappa shape index (κ1) is 15.8. The lowest BCUT2D eigenvalue weighted by Crippen LogP contribution is -2.31. The normalized spacial score (nSPS) is 21.8. The molecule has 5 heteroatoms. The summed E-state index contributed by atoms with van der Waals surface area (Å²) in [6.45, 7) is 0.196. The van der Waals surface area contributed by atoms with Gasteiger partial charge in [-0.2, -0.15) is 0 Å². The summed E-state index contributed by atoms with van der Waals surface area (Å²) < 4.78 is 20.9. The van der Waals surface area contributed by atoms with Crippen LogP contribution >= 0.6 is 0 Å². The van der Waals surface area contributed by atoms with Crippen LogP contribution in [0.4, 0.5) is 0 Å². The van der Waals surface area contributed by atoms with E-state index in [1.54, 1.807) is 21.3 Å². The Morgan fingerprint density at radius 1 is 1.14 bits per heavy atom. The number of rotatable bonds is 6. The van der Waals surface area contributed by atoms with Gasteiger partial charge in [0.05, 0.1) is 26.4 Å². The van der Waals surface area contributed by atoms with E-state index in [0.29, 0.717) is 11.5 Å². The van der Waals surface area contributed by atoms with Crippen LogP contribution in [-0.4, -0.2) is 45.4 Å². The molecular formula is C16H22O5. The molecule has 5 nitrogen and oxygen atoms in total. The van der Waals surface area contributed by atoms with E-state index in [2.05, 4.69) is 0 Å². The SMILES string of the molecule is COCO[C@@H]1CCC(c2ccc(OC)c(OC)c2)=C[C@H]1O. The molecule has 1 aliphatic carbocycles. The highest BCUT2D eigenvalue weighted by atomic mass is 16.7. The maximum Gasteiger partial charge on any atom is 0.161 e. The van der Waals surface area contributed by atoms with Crippen LogP contribution in [0, 0.1) is 0 Å². The molecule has 1 aromatic rings. The highest BCUT2D eigenvalue weighted by Gasteiger charge is 2.24. The van der Waals surface area contributed by atoms with Gasteiger partial charge in [0.25, 0.3) is 0 Å². The van der Waals surface area contributed by atoms with Gasteiger partial charge in [-0.3, -0.25) is 0 Å². The highest BCUT2D eigenvalue weighted by molar-refractivity contribution is 5.69. The second-order valence-corrected chi connectivity index (χ2v) is 4.90. The van der Waals surface area contributed by atoms with Crippen LogP contribution in [0.3, 0.4) is 0 Å². The predicted molar refractivity (Wildman–Crippen MR) is 79.5 cm³/mol. The van der Waals surface area contributed by atoms with E-state index in [4.69, 9.17) is 18.9 Å². The Hall–Kier alpha value is -1.56. The van der Waals surface area contributed by atoms with Crippen LogP contribution in [0.1, 0.15) is 18.4 Å². The summed E-state index contributed by atoms with van der Waals surface area (Å²) in [5.41, 5.74) is 2.11. The van der Waals surface area contributed by atoms with Crippen molar-refractivity contribution >= 4 is 5.57 Å². The molecule has 0 radical (unpaired) electrons. The van der Waals surface area contributed by atoms with Gasteiger partial charge < -0.3 is 24.1 Å². The van der Waals surface area contributed by atoms with Gasteiger partial charge in [0.15, 0.2) is 11.5 Å². The van der Waals surface area contributed by atoms with E-state index in [-0.39, 0.29) is 12.9 Å². The zero-order chi connectivity index (χ0) is 15.2. The van der Waals surface area contributed by atoms with Gasteiger partial charge in [0, 0.05) is 7.11 Å². The second kappa shape index (κ2) is 7.45. The molecule has 0 saturated heterocycles. The summed E-state index contributed by atoms with van der Waals surface area (Å²) >= 11 is 0. The van der Waals surface area contributed by atoms with Crippen molar-refractivity contribution in [1.82, 2.24) is 0 Å². The summed E-state index contributed by atoms with van der Waals surface area (Å²) in [6, 6.07) is 5.76.